The van der Waals surface area contributed by atoms with Gasteiger partial charge in [0.2, 0.25) is 0 Å². The lowest BCUT2D eigenvalue weighted by molar-refractivity contribution is 0.0452. The van der Waals surface area contributed by atoms with Crippen molar-refractivity contribution in [1.29, 1.82) is 5.26 Å². The van der Waals surface area contributed by atoms with Crippen LogP contribution in [0.4, 0.5) is 0 Å². The van der Waals surface area contributed by atoms with Crippen molar-refractivity contribution in [2.75, 3.05) is 13.2 Å². The minimum atomic E-state index is -0.167. The van der Waals surface area contributed by atoms with Crippen molar-refractivity contribution in [2.24, 2.45) is 5.92 Å². The minimum Gasteiger partial charge on any atom is -0.376 e. The summed E-state index contributed by atoms with van der Waals surface area (Å²) in [5, 5.41) is 12.0. The third-order valence-corrected chi connectivity index (χ3v) is 2.15. The normalized spacial score (nSPS) is 14.9. The average Bonchev–Trinajstić information content (AvgIpc) is 2.17. The molecule has 0 aromatic rings. The van der Waals surface area contributed by atoms with Crippen LogP contribution in [-0.2, 0) is 4.74 Å². The van der Waals surface area contributed by atoms with Crippen LogP contribution in [0, 0.1) is 17.2 Å². The SMILES string of the molecule is CCCNC(C#N)COC(C)CC(C)C. The van der Waals surface area contributed by atoms with Crippen LogP contribution in [0.3, 0.4) is 0 Å². The first-order valence-electron chi connectivity index (χ1n) is 5.84. The summed E-state index contributed by atoms with van der Waals surface area (Å²) in [5.74, 6) is 0.643. The van der Waals surface area contributed by atoms with Crippen LogP contribution in [-0.4, -0.2) is 25.3 Å². The Balaban J connectivity index is 3.66. The van der Waals surface area contributed by atoms with E-state index < -0.39 is 0 Å². The van der Waals surface area contributed by atoms with Gasteiger partial charge in [-0.2, -0.15) is 5.26 Å². The van der Waals surface area contributed by atoms with Gasteiger partial charge in [0.15, 0.2) is 0 Å². The van der Waals surface area contributed by atoms with Crippen molar-refractivity contribution >= 4 is 0 Å². The number of hydrogen-bond donors (Lipinski definition) is 1. The fourth-order valence-corrected chi connectivity index (χ4v) is 1.45. The van der Waals surface area contributed by atoms with E-state index >= 15 is 0 Å². The summed E-state index contributed by atoms with van der Waals surface area (Å²) in [5.41, 5.74) is 0. The first-order valence-corrected chi connectivity index (χ1v) is 5.84. The number of nitriles is 1. The molecule has 0 amide bonds. The average molecular weight is 212 g/mol. The molecule has 0 spiro atoms. The highest BCUT2D eigenvalue weighted by atomic mass is 16.5. The van der Waals surface area contributed by atoms with Gasteiger partial charge >= 0.3 is 0 Å². The molecule has 0 aliphatic heterocycles. The molecule has 3 heteroatoms. The van der Waals surface area contributed by atoms with E-state index in [1.165, 1.54) is 0 Å². The quantitative estimate of drug-likeness (QED) is 0.671. The lowest BCUT2D eigenvalue weighted by Crippen LogP contribution is -2.34. The van der Waals surface area contributed by atoms with Crippen molar-refractivity contribution in [3.8, 4) is 6.07 Å². The second-order valence-corrected chi connectivity index (χ2v) is 4.41. The second-order valence-electron chi connectivity index (χ2n) is 4.41. The van der Waals surface area contributed by atoms with Gasteiger partial charge in [-0.05, 0) is 32.2 Å². The highest BCUT2D eigenvalue weighted by Crippen LogP contribution is 2.07. The van der Waals surface area contributed by atoms with E-state index in [2.05, 4.69) is 39.1 Å². The van der Waals surface area contributed by atoms with Gasteiger partial charge in [0.1, 0.15) is 6.04 Å². The van der Waals surface area contributed by atoms with E-state index in [1.54, 1.807) is 0 Å². The fraction of sp³-hybridized carbons (Fsp3) is 0.917. The molecule has 0 heterocycles. The van der Waals surface area contributed by atoms with Crippen LogP contribution in [0.2, 0.25) is 0 Å². The number of nitrogens with zero attached hydrogens (tertiary/aromatic N) is 1. The van der Waals surface area contributed by atoms with Crippen LogP contribution >= 0.6 is 0 Å². The van der Waals surface area contributed by atoms with E-state index in [4.69, 9.17) is 10.00 Å². The van der Waals surface area contributed by atoms with Crippen molar-refractivity contribution in [3.05, 3.63) is 0 Å². The predicted octanol–water partition coefficient (Wildman–Crippen LogP) is 2.33. The molecule has 0 radical (unpaired) electrons. The molecular formula is C12H24N2O. The maximum atomic E-state index is 8.85. The molecule has 0 saturated heterocycles. The highest BCUT2D eigenvalue weighted by molar-refractivity contribution is 4.89. The van der Waals surface area contributed by atoms with Gasteiger partial charge in [0.25, 0.3) is 0 Å². The Labute approximate surface area is 93.8 Å². The molecule has 0 fully saturated rings. The Hall–Kier alpha value is -0.590. The third-order valence-electron chi connectivity index (χ3n) is 2.15. The second kappa shape index (κ2) is 8.70. The molecule has 0 aromatic carbocycles. The fourth-order valence-electron chi connectivity index (χ4n) is 1.45. The molecule has 15 heavy (non-hydrogen) atoms. The van der Waals surface area contributed by atoms with Crippen molar-refractivity contribution in [3.63, 3.8) is 0 Å². The smallest absolute Gasteiger partial charge is 0.119 e. The van der Waals surface area contributed by atoms with Crippen molar-refractivity contribution < 1.29 is 4.74 Å². The van der Waals surface area contributed by atoms with E-state index in [1.807, 2.05) is 0 Å². The molecule has 0 saturated carbocycles. The number of ether oxygens (including phenoxy) is 1. The van der Waals surface area contributed by atoms with Crippen LogP contribution in [0.5, 0.6) is 0 Å². The minimum absolute atomic E-state index is 0.167. The third kappa shape index (κ3) is 8.41. The van der Waals surface area contributed by atoms with Gasteiger partial charge in [0.05, 0.1) is 18.8 Å². The van der Waals surface area contributed by atoms with E-state index in [9.17, 15) is 0 Å². The molecule has 2 unspecified atom stereocenters. The predicted molar refractivity (Wildman–Crippen MR) is 62.6 cm³/mol. The van der Waals surface area contributed by atoms with Crippen LogP contribution in [0.15, 0.2) is 0 Å². The first-order chi connectivity index (χ1) is 7.10. The zero-order chi connectivity index (χ0) is 11.7. The van der Waals surface area contributed by atoms with Crippen LogP contribution < -0.4 is 5.32 Å². The lowest BCUT2D eigenvalue weighted by Gasteiger charge is -2.17. The van der Waals surface area contributed by atoms with Crippen molar-refractivity contribution in [2.45, 2.75) is 52.7 Å². The van der Waals surface area contributed by atoms with E-state index in [0.29, 0.717) is 12.5 Å². The topological polar surface area (TPSA) is 45.0 Å². The van der Waals surface area contributed by atoms with Gasteiger partial charge in [-0.3, -0.25) is 0 Å². The van der Waals surface area contributed by atoms with Gasteiger partial charge < -0.3 is 10.1 Å². The van der Waals surface area contributed by atoms with Gasteiger partial charge in [-0.25, -0.2) is 0 Å². The number of rotatable bonds is 8. The Morgan fingerprint density at radius 3 is 2.47 bits per heavy atom. The largest absolute Gasteiger partial charge is 0.376 e. The summed E-state index contributed by atoms with van der Waals surface area (Å²) in [6, 6.07) is 2.04. The number of nitrogens with one attached hydrogen (secondary N) is 1. The Bertz CT molecular complexity index is 187. The number of hydrogen-bond acceptors (Lipinski definition) is 3. The van der Waals surface area contributed by atoms with Crippen LogP contribution in [0.1, 0.15) is 40.5 Å². The monoisotopic (exact) mass is 212 g/mol. The Morgan fingerprint density at radius 1 is 1.33 bits per heavy atom. The molecule has 0 aliphatic rings. The molecule has 0 aromatic heterocycles. The molecule has 3 nitrogen and oxygen atoms in total. The summed E-state index contributed by atoms with van der Waals surface area (Å²) in [7, 11) is 0. The standard InChI is InChI=1S/C12H24N2O/c1-5-6-14-12(8-13)9-15-11(4)7-10(2)3/h10-12,14H,5-7,9H2,1-4H3. The molecular weight excluding hydrogens is 188 g/mol. The molecule has 88 valence electrons. The summed E-state index contributed by atoms with van der Waals surface area (Å²) in [6.07, 6.45) is 2.33. The van der Waals surface area contributed by atoms with Crippen LogP contribution in [0.25, 0.3) is 0 Å². The van der Waals surface area contributed by atoms with Gasteiger partial charge in [-0.15, -0.1) is 0 Å². The van der Waals surface area contributed by atoms with Gasteiger partial charge in [0, 0.05) is 0 Å². The maximum Gasteiger partial charge on any atom is 0.119 e. The summed E-state index contributed by atoms with van der Waals surface area (Å²) >= 11 is 0. The molecule has 0 aliphatic carbocycles. The van der Waals surface area contributed by atoms with E-state index in [-0.39, 0.29) is 12.1 Å². The lowest BCUT2D eigenvalue weighted by atomic mass is 10.1. The molecule has 2 atom stereocenters. The van der Waals surface area contributed by atoms with Gasteiger partial charge in [-0.1, -0.05) is 20.8 Å². The summed E-state index contributed by atoms with van der Waals surface area (Å²) in [4.78, 5) is 0. The Kier molecular flexibility index (Phi) is 8.35. The first kappa shape index (κ1) is 14.4. The zero-order valence-corrected chi connectivity index (χ0v) is 10.4. The molecule has 0 rings (SSSR count). The molecule has 1 N–H and O–H groups in total. The summed E-state index contributed by atoms with van der Waals surface area (Å²) < 4.78 is 5.62. The Morgan fingerprint density at radius 2 is 2.00 bits per heavy atom. The highest BCUT2D eigenvalue weighted by Gasteiger charge is 2.10. The molecule has 0 bridgehead atoms. The zero-order valence-electron chi connectivity index (χ0n) is 10.4. The van der Waals surface area contributed by atoms with Crippen molar-refractivity contribution in [1.82, 2.24) is 5.32 Å². The van der Waals surface area contributed by atoms with E-state index in [0.717, 1.165) is 19.4 Å². The summed E-state index contributed by atoms with van der Waals surface area (Å²) in [6.45, 7) is 9.87. The maximum absolute atomic E-state index is 8.85.